The van der Waals surface area contributed by atoms with Crippen LogP contribution in [0.15, 0.2) is 48.6 Å². The third-order valence-corrected chi connectivity index (χ3v) is 2.77. The summed E-state index contributed by atoms with van der Waals surface area (Å²) in [6, 6.07) is 7.89. The summed E-state index contributed by atoms with van der Waals surface area (Å²) >= 11 is 0. The first-order valence-electron chi connectivity index (χ1n) is 5.23. The first kappa shape index (κ1) is 9.91. The summed E-state index contributed by atoms with van der Waals surface area (Å²) in [7, 11) is 0. The minimum atomic E-state index is 0.233. The van der Waals surface area contributed by atoms with Crippen molar-refractivity contribution >= 4 is 5.78 Å². The van der Waals surface area contributed by atoms with Crippen molar-refractivity contribution in [3.8, 4) is 0 Å². The van der Waals surface area contributed by atoms with E-state index < -0.39 is 0 Å². The molecule has 2 rings (SSSR count). The number of ketones is 1. The second-order valence-corrected chi connectivity index (χ2v) is 3.82. The van der Waals surface area contributed by atoms with E-state index in [1.54, 1.807) is 6.08 Å². The van der Waals surface area contributed by atoms with Crippen LogP contribution in [-0.4, -0.2) is 5.78 Å². The highest BCUT2D eigenvalue weighted by molar-refractivity contribution is 5.99. The van der Waals surface area contributed by atoms with Crippen molar-refractivity contribution in [3.63, 3.8) is 0 Å². The standard InChI is InChI=1S/C14H14O/c1-2-5-11-8-9-12-6-3-4-7-13(12)14(15)10-11/h2-7H,1,8-10H2/b11-5-. The van der Waals surface area contributed by atoms with Gasteiger partial charge in [-0.15, -0.1) is 0 Å². The number of carbonyl (C=O) groups excluding carboxylic acids is 1. The van der Waals surface area contributed by atoms with Gasteiger partial charge in [0, 0.05) is 12.0 Å². The summed E-state index contributed by atoms with van der Waals surface area (Å²) in [5.74, 6) is 0.233. The van der Waals surface area contributed by atoms with Crippen LogP contribution in [0.25, 0.3) is 0 Å². The van der Waals surface area contributed by atoms with E-state index in [0.717, 1.165) is 18.4 Å². The van der Waals surface area contributed by atoms with E-state index in [1.807, 2.05) is 30.3 Å². The van der Waals surface area contributed by atoms with Crippen LogP contribution in [0.4, 0.5) is 0 Å². The molecule has 1 aromatic rings. The molecular weight excluding hydrogens is 184 g/mol. The number of hydrogen-bond acceptors (Lipinski definition) is 1. The highest BCUT2D eigenvalue weighted by Crippen LogP contribution is 2.23. The second-order valence-electron chi connectivity index (χ2n) is 3.82. The second kappa shape index (κ2) is 4.26. The van der Waals surface area contributed by atoms with Gasteiger partial charge in [-0.2, -0.15) is 0 Å². The topological polar surface area (TPSA) is 17.1 Å². The van der Waals surface area contributed by atoms with Crippen LogP contribution in [-0.2, 0) is 6.42 Å². The zero-order valence-corrected chi connectivity index (χ0v) is 8.70. The van der Waals surface area contributed by atoms with E-state index in [0.29, 0.717) is 6.42 Å². The molecule has 76 valence electrons. The van der Waals surface area contributed by atoms with Gasteiger partial charge in [-0.05, 0) is 18.4 Å². The molecule has 15 heavy (non-hydrogen) atoms. The average molecular weight is 198 g/mol. The lowest BCUT2D eigenvalue weighted by molar-refractivity contribution is 0.0993. The number of carbonyl (C=O) groups is 1. The summed E-state index contributed by atoms with van der Waals surface area (Å²) in [6.45, 7) is 3.67. The van der Waals surface area contributed by atoms with E-state index >= 15 is 0 Å². The lowest BCUT2D eigenvalue weighted by Gasteiger charge is -2.01. The van der Waals surface area contributed by atoms with E-state index in [1.165, 1.54) is 11.1 Å². The number of aryl methyl sites for hydroxylation is 1. The molecule has 0 aliphatic heterocycles. The molecule has 0 atom stereocenters. The quantitative estimate of drug-likeness (QED) is 0.633. The fraction of sp³-hybridized carbons (Fsp3) is 0.214. The van der Waals surface area contributed by atoms with Crippen molar-refractivity contribution in [1.82, 2.24) is 0 Å². The van der Waals surface area contributed by atoms with Crippen LogP contribution in [0.1, 0.15) is 28.8 Å². The smallest absolute Gasteiger partial charge is 0.167 e. The number of allylic oxidation sites excluding steroid dienone is 3. The Morgan fingerprint density at radius 2 is 2.00 bits per heavy atom. The molecule has 0 heterocycles. The van der Waals surface area contributed by atoms with Crippen LogP contribution in [0.3, 0.4) is 0 Å². The fourth-order valence-electron chi connectivity index (χ4n) is 2.00. The molecule has 0 unspecified atom stereocenters. The van der Waals surface area contributed by atoms with Crippen molar-refractivity contribution in [2.45, 2.75) is 19.3 Å². The van der Waals surface area contributed by atoms with Crippen molar-refractivity contribution < 1.29 is 4.79 Å². The predicted molar refractivity (Wildman–Crippen MR) is 62.0 cm³/mol. The van der Waals surface area contributed by atoms with Gasteiger partial charge in [-0.25, -0.2) is 0 Å². The molecule has 1 heteroatoms. The first-order chi connectivity index (χ1) is 7.31. The molecule has 0 fully saturated rings. The maximum absolute atomic E-state index is 11.9. The van der Waals surface area contributed by atoms with Gasteiger partial charge in [0.25, 0.3) is 0 Å². The fourth-order valence-corrected chi connectivity index (χ4v) is 2.00. The molecule has 1 aliphatic carbocycles. The van der Waals surface area contributed by atoms with Gasteiger partial charge in [0.2, 0.25) is 0 Å². The van der Waals surface area contributed by atoms with Crippen molar-refractivity contribution in [2.24, 2.45) is 0 Å². The van der Waals surface area contributed by atoms with E-state index in [2.05, 4.69) is 6.58 Å². The van der Waals surface area contributed by atoms with E-state index in [4.69, 9.17) is 0 Å². The van der Waals surface area contributed by atoms with Crippen molar-refractivity contribution in [1.29, 1.82) is 0 Å². The van der Waals surface area contributed by atoms with Crippen molar-refractivity contribution in [3.05, 3.63) is 59.7 Å². The van der Waals surface area contributed by atoms with Gasteiger partial charge in [-0.1, -0.05) is 48.6 Å². The Morgan fingerprint density at radius 1 is 1.20 bits per heavy atom. The third-order valence-electron chi connectivity index (χ3n) is 2.77. The van der Waals surface area contributed by atoms with Crippen LogP contribution >= 0.6 is 0 Å². The molecule has 0 saturated carbocycles. The zero-order valence-electron chi connectivity index (χ0n) is 8.70. The summed E-state index contributed by atoms with van der Waals surface area (Å²) in [5, 5.41) is 0. The molecule has 1 aromatic carbocycles. The van der Waals surface area contributed by atoms with Gasteiger partial charge < -0.3 is 0 Å². The molecule has 1 nitrogen and oxygen atoms in total. The molecule has 0 amide bonds. The summed E-state index contributed by atoms with van der Waals surface area (Å²) < 4.78 is 0. The Kier molecular flexibility index (Phi) is 2.82. The Labute approximate surface area is 90.1 Å². The summed E-state index contributed by atoms with van der Waals surface area (Å²) in [4.78, 5) is 11.9. The minimum absolute atomic E-state index is 0.233. The van der Waals surface area contributed by atoms with Gasteiger partial charge in [-0.3, -0.25) is 4.79 Å². The molecule has 0 N–H and O–H groups in total. The van der Waals surface area contributed by atoms with Crippen LogP contribution in [0.5, 0.6) is 0 Å². The van der Waals surface area contributed by atoms with Gasteiger partial charge in [0.05, 0.1) is 0 Å². The molecule has 0 bridgehead atoms. The lowest BCUT2D eigenvalue weighted by Crippen LogP contribution is -1.99. The van der Waals surface area contributed by atoms with Crippen LogP contribution in [0, 0.1) is 0 Å². The molecule has 0 saturated heterocycles. The maximum atomic E-state index is 11.9. The molecule has 0 spiro atoms. The lowest BCUT2D eigenvalue weighted by atomic mass is 10.0. The first-order valence-corrected chi connectivity index (χ1v) is 5.23. The Morgan fingerprint density at radius 3 is 2.80 bits per heavy atom. The maximum Gasteiger partial charge on any atom is 0.167 e. The Bertz CT molecular complexity index is 427. The largest absolute Gasteiger partial charge is 0.294 e. The summed E-state index contributed by atoms with van der Waals surface area (Å²) in [6.07, 6.45) is 6.20. The van der Waals surface area contributed by atoms with Crippen molar-refractivity contribution in [2.75, 3.05) is 0 Å². The SMILES string of the molecule is C=C/C=C1/CCc2ccccc2C(=O)C1. The van der Waals surface area contributed by atoms with Gasteiger partial charge in [0.15, 0.2) is 5.78 Å². The average Bonchev–Trinajstić information content (AvgIpc) is 2.40. The summed E-state index contributed by atoms with van der Waals surface area (Å²) in [5.41, 5.74) is 3.26. The molecule has 1 aliphatic rings. The van der Waals surface area contributed by atoms with Gasteiger partial charge in [0.1, 0.15) is 0 Å². The normalized spacial score (nSPS) is 18.4. The number of fused-ring (bicyclic) bond motifs is 1. The third kappa shape index (κ3) is 2.07. The molecular formula is C14H14O. The number of benzene rings is 1. The molecule has 0 aromatic heterocycles. The molecule has 0 radical (unpaired) electrons. The van der Waals surface area contributed by atoms with Crippen LogP contribution < -0.4 is 0 Å². The number of rotatable bonds is 1. The highest BCUT2D eigenvalue weighted by atomic mass is 16.1. The van der Waals surface area contributed by atoms with E-state index in [9.17, 15) is 4.79 Å². The Balaban J connectivity index is 2.36. The number of Topliss-reactive ketones (excluding diaryl/α,β-unsaturated/α-hetero) is 1. The predicted octanol–water partition coefficient (Wildman–Crippen LogP) is 3.32. The monoisotopic (exact) mass is 198 g/mol. The van der Waals surface area contributed by atoms with Crippen LogP contribution in [0.2, 0.25) is 0 Å². The minimum Gasteiger partial charge on any atom is -0.294 e. The highest BCUT2D eigenvalue weighted by Gasteiger charge is 2.16. The van der Waals surface area contributed by atoms with E-state index in [-0.39, 0.29) is 5.78 Å². The Hall–Kier alpha value is -1.63. The zero-order chi connectivity index (χ0) is 10.7. The van der Waals surface area contributed by atoms with Gasteiger partial charge >= 0.3 is 0 Å². The number of hydrogen-bond donors (Lipinski definition) is 0.